The molecule has 0 saturated carbocycles. The first-order chi connectivity index (χ1) is 6.48. The SMILES string of the molecule is CC(C)(C)c1nc2cccc(Cl)c2[nH]1. The maximum atomic E-state index is 6.05. The predicted molar refractivity (Wildman–Crippen MR) is 59.8 cm³/mol. The van der Waals surface area contributed by atoms with Crippen molar-refractivity contribution in [3.63, 3.8) is 0 Å². The highest BCUT2D eigenvalue weighted by Gasteiger charge is 2.18. The maximum Gasteiger partial charge on any atom is 0.112 e. The topological polar surface area (TPSA) is 28.7 Å². The molecule has 14 heavy (non-hydrogen) atoms. The molecule has 1 aromatic heterocycles. The van der Waals surface area contributed by atoms with Gasteiger partial charge in [-0.25, -0.2) is 4.98 Å². The first-order valence-corrected chi connectivity index (χ1v) is 5.01. The molecule has 0 aliphatic carbocycles. The van der Waals surface area contributed by atoms with Crippen molar-refractivity contribution in [2.75, 3.05) is 0 Å². The van der Waals surface area contributed by atoms with Crippen LogP contribution in [0.2, 0.25) is 5.02 Å². The minimum Gasteiger partial charge on any atom is -0.340 e. The Morgan fingerprint density at radius 3 is 2.57 bits per heavy atom. The summed E-state index contributed by atoms with van der Waals surface area (Å²) in [5.41, 5.74) is 1.89. The summed E-state index contributed by atoms with van der Waals surface area (Å²) >= 11 is 6.05. The third-order valence-corrected chi connectivity index (χ3v) is 2.49. The van der Waals surface area contributed by atoms with E-state index >= 15 is 0 Å². The van der Waals surface area contributed by atoms with Gasteiger partial charge >= 0.3 is 0 Å². The van der Waals surface area contributed by atoms with Crippen LogP contribution < -0.4 is 0 Å². The van der Waals surface area contributed by atoms with Gasteiger partial charge in [0.05, 0.1) is 16.1 Å². The zero-order valence-electron chi connectivity index (χ0n) is 8.56. The van der Waals surface area contributed by atoms with Crippen molar-refractivity contribution >= 4 is 22.6 Å². The molecule has 2 nitrogen and oxygen atoms in total. The van der Waals surface area contributed by atoms with Crippen molar-refractivity contribution < 1.29 is 0 Å². The predicted octanol–water partition coefficient (Wildman–Crippen LogP) is 3.51. The molecule has 0 bridgehead atoms. The van der Waals surface area contributed by atoms with E-state index in [4.69, 9.17) is 11.6 Å². The fraction of sp³-hybridized carbons (Fsp3) is 0.364. The van der Waals surface area contributed by atoms with Crippen molar-refractivity contribution in [1.82, 2.24) is 9.97 Å². The lowest BCUT2D eigenvalue weighted by Gasteiger charge is -2.13. The monoisotopic (exact) mass is 208 g/mol. The van der Waals surface area contributed by atoms with Gasteiger partial charge in [0.2, 0.25) is 0 Å². The number of nitrogens with zero attached hydrogens (tertiary/aromatic N) is 1. The van der Waals surface area contributed by atoms with Crippen molar-refractivity contribution in [1.29, 1.82) is 0 Å². The van der Waals surface area contributed by atoms with Gasteiger partial charge in [0.1, 0.15) is 5.82 Å². The molecule has 1 N–H and O–H groups in total. The highest BCUT2D eigenvalue weighted by atomic mass is 35.5. The number of nitrogens with one attached hydrogen (secondary N) is 1. The number of aromatic amines is 1. The van der Waals surface area contributed by atoms with Crippen molar-refractivity contribution in [3.05, 3.63) is 29.0 Å². The van der Waals surface area contributed by atoms with Crippen LogP contribution in [-0.2, 0) is 5.41 Å². The minimum atomic E-state index is 0.0301. The molecule has 0 saturated heterocycles. The van der Waals surface area contributed by atoms with Gasteiger partial charge < -0.3 is 4.98 Å². The average molecular weight is 209 g/mol. The van der Waals surface area contributed by atoms with E-state index in [1.807, 2.05) is 18.2 Å². The lowest BCUT2D eigenvalue weighted by molar-refractivity contribution is 0.554. The zero-order chi connectivity index (χ0) is 10.3. The standard InChI is InChI=1S/C11H13ClN2/c1-11(2,3)10-13-8-6-4-5-7(12)9(8)14-10/h4-6H,1-3H3,(H,13,14). The molecule has 0 spiro atoms. The summed E-state index contributed by atoms with van der Waals surface area (Å²) in [6.45, 7) is 6.37. The Morgan fingerprint density at radius 1 is 1.29 bits per heavy atom. The van der Waals surface area contributed by atoms with E-state index in [1.54, 1.807) is 0 Å². The van der Waals surface area contributed by atoms with Crippen LogP contribution >= 0.6 is 11.6 Å². The fourth-order valence-electron chi connectivity index (χ4n) is 1.35. The number of rotatable bonds is 0. The Bertz CT molecular complexity index is 466. The van der Waals surface area contributed by atoms with Gasteiger partial charge in [-0.1, -0.05) is 38.4 Å². The van der Waals surface area contributed by atoms with Gasteiger partial charge in [-0.2, -0.15) is 0 Å². The largest absolute Gasteiger partial charge is 0.340 e. The van der Waals surface area contributed by atoms with Crippen LogP contribution in [0.3, 0.4) is 0 Å². The molecule has 0 fully saturated rings. The average Bonchev–Trinajstić information content (AvgIpc) is 2.48. The quantitative estimate of drug-likeness (QED) is 0.705. The summed E-state index contributed by atoms with van der Waals surface area (Å²) in [6.07, 6.45) is 0. The number of imidazole rings is 1. The summed E-state index contributed by atoms with van der Waals surface area (Å²) in [5.74, 6) is 0.973. The van der Waals surface area contributed by atoms with Crippen LogP contribution in [0.1, 0.15) is 26.6 Å². The molecule has 0 atom stereocenters. The smallest absolute Gasteiger partial charge is 0.112 e. The fourth-order valence-corrected chi connectivity index (χ4v) is 1.57. The van der Waals surface area contributed by atoms with E-state index < -0.39 is 0 Å². The molecule has 1 heterocycles. The number of fused-ring (bicyclic) bond motifs is 1. The highest BCUT2D eigenvalue weighted by Crippen LogP contribution is 2.26. The Kier molecular flexibility index (Phi) is 2.04. The molecule has 0 aliphatic rings. The number of hydrogen-bond donors (Lipinski definition) is 1. The number of benzene rings is 1. The summed E-state index contributed by atoms with van der Waals surface area (Å²) in [7, 11) is 0. The van der Waals surface area contributed by atoms with Crippen LogP contribution in [0.15, 0.2) is 18.2 Å². The van der Waals surface area contributed by atoms with Crippen LogP contribution in [0, 0.1) is 0 Å². The molecule has 2 aromatic rings. The lowest BCUT2D eigenvalue weighted by atomic mass is 9.96. The third-order valence-electron chi connectivity index (χ3n) is 2.18. The molecular formula is C11H13ClN2. The number of para-hydroxylation sites is 1. The molecule has 3 heteroatoms. The van der Waals surface area contributed by atoms with Crippen LogP contribution in [-0.4, -0.2) is 9.97 Å². The number of H-pyrrole nitrogens is 1. The molecule has 0 amide bonds. The summed E-state index contributed by atoms with van der Waals surface area (Å²) in [6, 6.07) is 5.75. The van der Waals surface area contributed by atoms with Gasteiger partial charge in [0, 0.05) is 5.41 Å². The second-order valence-electron chi connectivity index (χ2n) is 4.47. The molecule has 0 aliphatic heterocycles. The molecule has 2 rings (SSSR count). The number of halogens is 1. The Balaban J connectivity index is 2.69. The van der Waals surface area contributed by atoms with E-state index in [2.05, 4.69) is 30.7 Å². The van der Waals surface area contributed by atoms with Crippen LogP contribution in [0.25, 0.3) is 11.0 Å². The second-order valence-corrected chi connectivity index (χ2v) is 4.88. The highest BCUT2D eigenvalue weighted by molar-refractivity contribution is 6.34. The van der Waals surface area contributed by atoms with Gasteiger partial charge in [0.25, 0.3) is 0 Å². The van der Waals surface area contributed by atoms with E-state index in [0.717, 1.165) is 21.9 Å². The second kappa shape index (κ2) is 2.99. The van der Waals surface area contributed by atoms with E-state index in [1.165, 1.54) is 0 Å². The normalized spacial score (nSPS) is 12.3. The third kappa shape index (κ3) is 1.50. The molecule has 0 radical (unpaired) electrons. The Labute approximate surface area is 88.3 Å². The van der Waals surface area contributed by atoms with Gasteiger partial charge in [-0.15, -0.1) is 0 Å². The van der Waals surface area contributed by atoms with Gasteiger partial charge in [-0.05, 0) is 12.1 Å². The minimum absolute atomic E-state index is 0.0301. The summed E-state index contributed by atoms with van der Waals surface area (Å²) < 4.78 is 0. The first kappa shape index (κ1) is 9.53. The van der Waals surface area contributed by atoms with E-state index in [9.17, 15) is 0 Å². The number of aromatic nitrogens is 2. The number of hydrogen-bond acceptors (Lipinski definition) is 1. The van der Waals surface area contributed by atoms with Crippen molar-refractivity contribution in [2.45, 2.75) is 26.2 Å². The van der Waals surface area contributed by atoms with Gasteiger partial charge in [0.15, 0.2) is 0 Å². The molecule has 74 valence electrons. The van der Waals surface area contributed by atoms with Crippen LogP contribution in [0.4, 0.5) is 0 Å². The molecule has 0 unspecified atom stereocenters. The maximum absolute atomic E-state index is 6.05. The lowest BCUT2D eigenvalue weighted by Crippen LogP contribution is -2.12. The zero-order valence-corrected chi connectivity index (χ0v) is 9.31. The van der Waals surface area contributed by atoms with Gasteiger partial charge in [-0.3, -0.25) is 0 Å². The Morgan fingerprint density at radius 2 is 2.00 bits per heavy atom. The summed E-state index contributed by atoms with van der Waals surface area (Å²) in [5, 5.41) is 0.727. The van der Waals surface area contributed by atoms with E-state index in [0.29, 0.717) is 0 Å². The molecular weight excluding hydrogens is 196 g/mol. The van der Waals surface area contributed by atoms with Crippen LogP contribution in [0.5, 0.6) is 0 Å². The van der Waals surface area contributed by atoms with Crippen molar-refractivity contribution in [2.24, 2.45) is 0 Å². The Hall–Kier alpha value is -1.02. The van der Waals surface area contributed by atoms with Crippen molar-refractivity contribution in [3.8, 4) is 0 Å². The van der Waals surface area contributed by atoms with E-state index in [-0.39, 0.29) is 5.41 Å². The molecule has 1 aromatic carbocycles. The first-order valence-electron chi connectivity index (χ1n) is 4.63. The summed E-state index contributed by atoms with van der Waals surface area (Å²) in [4.78, 5) is 7.77.